The SMILES string of the molecule is Cc1ccc(-c2nc3c(c(=O)[nH]2)CN(C(=O)c2ccccc2Cl)CC3)cc1. The van der Waals surface area contributed by atoms with Crippen molar-refractivity contribution in [3.05, 3.63) is 86.3 Å². The van der Waals surface area contributed by atoms with Gasteiger partial charge in [-0.05, 0) is 19.1 Å². The zero-order valence-corrected chi connectivity index (χ0v) is 15.6. The Balaban J connectivity index is 1.64. The summed E-state index contributed by atoms with van der Waals surface area (Å²) in [6.45, 7) is 2.74. The first-order chi connectivity index (χ1) is 13.0. The summed E-state index contributed by atoms with van der Waals surface area (Å²) < 4.78 is 0. The van der Waals surface area contributed by atoms with E-state index in [0.29, 0.717) is 34.9 Å². The second-order valence-corrected chi connectivity index (χ2v) is 7.07. The number of nitrogens with one attached hydrogen (secondary N) is 1. The number of aromatic nitrogens is 2. The molecule has 0 saturated carbocycles. The van der Waals surface area contributed by atoms with E-state index >= 15 is 0 Å². The fourth-order valence-corrected chi connectivity index (χ4v) is 3.47. The van der Waals surface area contributed by atoms with Crippen LogP contribution in [0.4, 0.5) is 0 Å². The average Bonchev–Trinajstić information content (AvgIpc) is 2.68. The van der Waals surface area contributed by atoms with Gasteiger partial charge in [-0.1, -0.05) is 53.6 Å². The maximum Gasteiger partial charge on any atom is 0.256 e. The van der Waals surface area contributed by atoms with E-state index in [0.717, 1.165) is 16.8 Å². The molecule has 2 heterocycles. The maximum atomic E-state index is 12.8. The Kier molecular flexibility index (Phi) is 4.54. The summed E-state index contributed by atoms with van der Waals surface area (Å²) >= 11 is 6.14. The number of carbonyl (C=O) groups is 1. The number of fused-ring (bicyclic) bond motifs is 1. The van der Waals surface area contributed by atoms with Gasteiger partial charge in [0.25, 0.3) is 11.5 Å². The molecule has 0 radical (unpaired) electrons. The van der Waals surface area contributed by atoms with Crippen LogP contribution in [0, 0.1) is 6.92 Å². The minimum absolute atomic E-state index is 0.173. The van der Waals surface area contributed by atoms with Crippen molar-refractivity contribution in [2.24, 2.45) is 0 Å². The van der Waals surface area contributed by atoms with E-state index in [9.17, 15) is 9.59 Å². The molecule has 0 fully saturated rings. The number of hydrogen-bond donors (Lipinski definition) is 1. The fraction of sp³-hybridized carbons (Fsp3) is 0.190. The van der Waals surface area contributed by atoms with Gasteiger partial charge in [0.2, 0.25) is 0 Å². The molecule has 4 rings (SSSR count). The third kappa shape index (κ3) is 3.38. The van der Waals surface area contributed by atoms with Crippen molar-refractivity contribution in [3.63, 3.8) is 0 Å². The standard InChI is InChI=1S/C21H18ClN3O2/c1-13-6-8-14(9-7-13)19-23-18-10-11-25(12-16(18)20(26)24-19)21(27)15-4-2-3-5-17(15)22/h2-9H,10-12H2,1H3,(H,23,24,26). The number of halogens is 1. The number of aryl methyl sites for hydroxylation is 1. The fourth-order valence-electron chi connectivity index (χ4n) is 3.25. The minimum atomic E-state index is -0.202. The molecule has 136 valence electrons. The number of nitrogens with zero attached hydrogens (tertiary/aromatic N) is 2. The van der Waals surface area contributed by atoms with Gasteiger partial charge in [-0.3, -0.25) is 9.59 Å². The Bertz CT molecular complexity index is 1070. The lowest BCUT2D eigenvalue weighted by atomic mass is 10.0. The minimum Gasteiger partial charge on any atom is -0.334 e. The highest BCUT2D eigenvalue weighted by Gasteiger charge is 2.26. The largest absolute Gasteiger partial charge is 0.334 e. The molecular formula is C21H18ClN3O2. The molecule has 0 unspecified atom stereocenters. The smallest absolute Gasteiger partial charge is 0.256 e. The van der Waals surface area contributed by atoms with Gasteiger partial charge in [0.15, 0.2) is 0 Å². The summed E-state index contributed by atoms with van der Waals surface area (Å²) in [7, 11) is 0. The van der Waals surface area contributed by atoms with Gasteiger partial charge >= 0.3 is 0 Å². The maximum absolute atomic E-state index is 12.8. The highest BCUT2D eigenvalue weighted by molar-refractivity contribution is 6.33. The predicted molar refractivity (Wildman–Crippen MR) is 105 cm³/mol. The summed E-state index contributed by atoms with van der Waals surface area (Å²) in [6, 6.07) is 14.8. The van der Waals surface area contributed by atoms with Crippen LogP contribution in [0.3, 0.4) is 0 Å². The van der Waals surface area contributed by atoms with Crippen molar-refractivity contribution in [2.45, 2.75) is 19.9 Å². The highest BCUT2D eigenvalue weighted by atomic mass is 35.5. The second kappa shape index (κ2) is 7.00. The number of carbonyl (C=O) groups excluding carboxylic acids is 1. The molecule has 1 amide bonds. The Morgan fingerprint density at radius 2 is 1.89 bits per heavy atom. The number of aromatic amines is 1. The van der Waals surface area contributed by atoms with Gasteiger partial charge in [-0.2, -0.15) is 0 Å². The van der Waals surface area contributed by atoms with Crippen LogP contribution in [-0.2, 0) is 13.0 Å². The monoisotopic (exact) mass is 379 g/mol. The van der Waals surface area contributed by atoms with Crippen LogP contribution in [0.1, 0.15) is 27.2 Å². The van der Waals surface area contributed by atoms with Gasteiger partial charge in [-0.25, -0.2) is 4.98 Å². The van der Waals surface area contributed by atoms with Gasteiger partial charge in [0.1, 0.15) is 5.82 Å². The summed E-state index contributed by atoms with van der Waals surface area (Å²) in [5, 5.41) is 0.412. The van der Waals surface area contributed by atoms with Gasteiger partial charge in [-0.15, -0.1) is 0 Å². The van der Waals surface area contributed by atoms with E-state index in [-0.39, 0.29) is 18.0 Å². The van der Waals surface area contributed by atoms with Crippen LogP contribution in [0.15, 0.2) is 53.3 Å². The lowest BCUT2D eigenvalue weighted by molar-refractivity contribution is 0.0733. The molecular weight excluding hydrogens is 362 g/mol. The van der Waals surface area contributed by atoms with E-state index in [4.69, 9.17) is 11.6 Å². The van der Waals surface area contributed by atoms with Gasteiger partial charge in [0, 0.05) is 18.5 Å². The topological polar surface area (TPSA) is 66.1 Å². The molecule has 5 nitrogen and oxygen atoms in total. The van der Waals surface area contributed by atoms with Gasteiger partial charge in [0.05, 0.1) is 28.4 Å². The van der Waals surface area contributed by atoms with E-state index in [1.54, 1.807) is 29.2 Å². The van der Waals surface area contributed by atoms with Crippen LogP contribution in [0.25, 0.3) is 11.4 Å². The first-order valence-electron chi connectivity index (χ1n) is 8.76. The normalized spacial score (nSPS) is 13.3. The molecule has 1 aromatic heterocycles. The summed E-state index contributed by atoms with van der Waals surface area (Å²) in [5.74, 6) is 0.387. The Morgan fingerprint density at radius 3 is 2.63 bits per heavy atom. The molecule has 1 aliphatic rings. The molecule has 0 saturated heterocycles. The molecule has 1 aliphatic heterocycles. The Hall–Kier alpha value is -2.92. The highest BCUT2D eigenvalue weighted by Crippen LogP contribution is 2.22. The van der Waals surface area contributed by atoms with Crippen molar-refractivity contribution in [2.75, 3.05) is 6.54 Å². The molecule has 3 aromatic rings. The molecule has 0 bridgehead atoms. The van der Waals surface area contributed by atoms with Gasteiger partial charge < -0.3 is 9.88 Å². The van der Waals surface area contributed by atoms with Crippen LogP contribution in [-0.4, -0.2) is 27.3 Å². The quantitative estimate of drug-likeness (QED) is 0.739. The van der Waals surface area contributed by atoms with Crippen LogP contribution in [0.5, 0.6) is 0 Å². The lowest BCUT2D eigenvalue weighted by Gasteiger charge is -2.28. The first kappa shape index (κ1) is 17.5. The van der Waals surface area contributed by atoms with Crippen LogP contribution < -0.4 is 5.56 Å². The van der Waals surface area contributed by atoms with E-state index in [2.05, 4.69) is 9.97 Å². The zero-order chi connectivity index (χ0) is 19.0. The zero-order valence-electron chi connectivity index (χ0n) is 14.8. The molecule has 27 heavy (non-hydrogen) atoms. The van der Waals surface area contributed by atoms with Crippen LogP contribution >= 0.6 is 11.6 Å². The number of hydrogen-bond acceptors (Lipinski definition) is 3. The lowest BCUT2D eigenvalue weighted by Crippen LogP contribution is -2.39. The molecule has 0 spiro atoms. The number of H-pyrrole nitrogens is 1. The molecule has 2 aromatic carbocycles. The predicted octanol–water partition coefficient (Wildman–Crippen LogP) is 3.60. The molecule has 1 N–H and O–H groups in total. The average molecular weight is 380 g/mol. The van der Waals surface area contributed by atoms with Crippen molar-refractivity contribution in [1.29, 1.82) is 0 Å². The summed E-state index contributed by atoms with van der Waals surface area (Å²) in [4.78, 5) is 34.5. The first-order valence-corrected chi connectivity index (χ1v) is 9.13. The summed E-state index contributed by atoms with van der Waals surface area (Å²) in [5.41, 5.74) is 3.55. The third-order valence-electron chi connectivity index (χ3n) is 4.79. The van der Waals surface area contributed by atoms with Crippen molar-refractivity contribution >= 4 is 17.5 Å². The van der Waals surface area contributed by atoms with E-state index in [1.165, 1.54) is 0 Å². The van der Waals surface area contributed by atoms with E-state index < -0.39 is 0 Å². The van der Waals surface area contributed by atoms with Crippen molar-refractivity contribution < 1.29 is 4.79 Å². The summed E-state index contributed by atoms with van der Waals surface area (Å²) in [6.07, 6.45) is 0.536. The van der Waals surface area contributed by atoms with Crippen molar-refractivity contribution in [1.82, 2.24) is 14.9 Å². The number of benzene rings is 2. The van der Waals surface area contributed by atoms with E-state index in [1.807, 2.05) is 31.2 Å². The molecule has 0 atom stereocenters. The van der Waals surface area contributed by atoms with Crippen LogP contribution in [0.2, 0.25) is 5.02 Å². The molecule has 0 aliphatic carbocycles. The third-order valence-corrected chi connectivity index (χ3v) is 5.11. The second-order valence-electron chi connectivity index (χ2n) is 6.66. The molecule has 6 heteroatoms. The number of amides is 1. The Labute approximate surface area is 161 Å². The van der Waals surface area contributed by atoms with Crippen molar-refractivity contribution in [3.8, 4) is 11.4 Å². The number of rotatable bonds is 2. The Morgan fingerprint density at radius 1 is 1.15 bits per heavy atom.